The van der Waals surface area contributed by atoms with Crippen LogP contribution in [-0.2, 0) is 10.0 Å². The van der Waals surface area contributed by atoms with Crippen molar-refractivity contribution in [2.24, 2.45) is 0 Å². The minimum atomic E-state index is -3.68. The first-order chi connectivity index (χ1) is 13.9. The molecule has 2 heterocycles. The summed E-state index contributed by atoms with van der Waals surface area (Å²) < 4.78 is 51.2. The molecule has 0 unspecified atom stereocenters. The summed E-state index contributed by atoms with van der Waals surface area (Å²) in [4.78, 5) is 2.16. The Labute approximate surface area is 169 Å². The predicted molar refractivity (Wildman–Crippen MR) is 104 cm³/mol. The summed E-state index contributed by atoms with van der Waals surface area (Å²) >= 11 is 0. The third kappa shape index (κ3) is 4.69. The van der Waals surface area contributed by atoms with Crippen molar-refractivity contribution in [2.45, 2.75) is 29.9 Å². The van der Waals surface area contributed by atoms with Crippen molar-refractivity contribution in [3.63, 3.8) is 0 Å². The Bertz CT molecular complexity index is 959. The molecule has 2 aromatic rings. The van der Waals surface area contributed by atoms with Crippen molar-refractivity contribution in [1.82, 2.24) is 9.62 Å². The van der Waals surface area contributed by atoms with Gasteiger partial charge in [0.1, 0.15) is 5.82 Å². The largest absolute Gasteiger partial charge is 0.454 e. The fourth-order valence-corrected chi connectivity index (χ4v) is 4.91. The lowest BCUT2D eigenvalue weighted by atomic mass is 10.0. The molecule has 0 radical (unpaired) electrons. The average Bonchev–Trinajstić information content (AvgIpc) is 3.17. The van der Waals surface area contributed by atoms with Crippen molar-refractivity contribution in [1.29, 1.82) is 0 Å². The molecule has 9 heteroatoms. The number of nitrogens with one attached hydrogen (secondary N) is 1. The third-order valence-electron chi connectivity index (χ3n) is 5.25. The van der Waals surface area contributed by atoms with Gasteiger partial charge in [0, 0.05) is 12.6 Å². The molecule has 1 fully saturated rings. The van der Waals surface area contributed by atoms with Crippen LogP contribution in [0.4, 0.5) is 4.39 Å². The molecule has 2 aliphatic heterocycles. The fourth-order valence-electron chi connectivity index (χ4n) is 3.60. The smallest absolute Gasteiger partial charge is 0.240 e. The van der Waals surface area contributed by atoms with Crippen LogP contribution in [0.3, 0.4) is 0 Å². The number of hydrogen-bond donors (Lipinski definition) is 2. The summed E-state index contributed by atoms with van der Waals surface area (Å²) in [7, 11) is -3.68. The number of aliphatic hydroxyl groups is 1. The zero-order valence-corrected chi connectivity index (χ0v) is 16.6. The molecule has 0 aliphatic carbocycles. The van der Waals surface area contributed by atoms with Gasteiger partial charge in [-0.25, -0.2) is 17.5 Å². The number of sulfonamides is 1. The Morgan fingerprint density at radius 2 is 1.79 bits per heavy atom. The highest BCUT2D eigenvalue weighted by molar-refractivity contribution is 7.89. The van der Waals surface area contributed by atoms with Crippen LogP contribution in [0.2, 0.25) is 0 Å². The van der Waals surface area contributed by atoms with Crippen molar-refractivity contribution < 1.29 is 27.4 Å². The van der Waals surface area contributed by atoms with Gasteiger partial charge in [0.05, 0.1) is 11.0 Å². The summed E-state index contributed by atoms with van der Waals surface area (Å²) in [6.45, 7) is 1.98. The van der Waals surface area contributed by atoms with E-state index in [9.17, 15) is 17.9 Å². The number of piperidine rings is 1. The van der Waals surface area contributed by atoms with Gasteiger partial charge >= 0.3 is 0 Å². The number of fused-ring (bicyclic) bond motifs is 1. The van der Waals surface area contributed by atoms with Crippen molar-refractivity contribution in [3.8, 4) is 11.5 Å². The van der Waals surface area contributed by atoms with Gasteiger partial charge in [-0.2, -0.15) is 0 Å². The Kier molecular flexibility index (Phi) is 5.73. The van der Waals surface area contributed by atoms with Crippen LogP contribution in [0.25, 0.3) is 0 Å². The number of ether oxygens (including phenoxy) is 2. The van der Waals surface area contributed by atoms with Gasteiger partial charge in [0.15, 0.2) is 11.5 Å². The van der Waals surface area contributed by atoms with Gasteiger partial charge in [-0.1, -0.05) is 6.07 Å². The number of aliphatic hydroxyl groups excluding tert-OH is 1. The Balaban J connectivity index is 1.29. The second-order valence-corrected chi connectivity index (χ2v) is 8.99. The number of β-amino-alcohol motifs (C(OH)–C–C–N with tert-alkyl or cyclic N) is 1. The minimum Gasteiger partial charge on any atom is -0.454 e. The molecular weight excluding hydrogens is 399 g/mol. The van der Waals surface area contributed by atoms with E-state index in [-0.39, 0.29) is 17.7 Å². The molecule has 2 aromatic carbocycles. The van der Waals surface area contributed by atoms with Gasteiger partial charge < -0.3 is 19.5 Å². The van der Waals surface area contributed by atoms with E-state index in [1.165, 1.54) is 12.1 Å². The van der Waals surface area contributed by atoms with E-state index in [0.29, 0.717) is 44.0 Å². The highest BCUT2D eigenvalue weighted by atomic mass is 32.2. The monoisotopic (exact) mass is 422 g/mol. The fraction of sp³-hybridized carbons (Fsp3) is 0.400. The highest BCUT2D eigenvalue weighted by Gasteiger charge is 2.26. The Morgan fingerprint density at radius 1 is 1.10 bits per heavy atom. The molecule has 2 N–H and O–H groups in total. The molecule has 1 atom stereocenters. The summed E-state index contributed by atoms with van der Waals surface area (Å²) in [6, 6.07) is 9.99. The second kappa shape index (κ2) is 8.27. The van der Waals surface area contributed by atoms with Crippen molar-refractivity contribution in [3.05, 3.63) is 53.8 Å². The SMILES string of the molecule is O=S(=O)(NC1CCN(C[C@@H](O)c2ccc3c(c2)OCO3)CC1)c1ccc(F)cc1. The molecule has 156 valence electrons. The lowest BCUT2D eigenvalue weighted by molar-refractivity contribution is 0.0961. The molecular formula is C20H23FN2O5S. The molecule has 0 amide bonds. The van der Waals surface area contributed by atoms with Crippen LogP contribution in [0.1, 0.15) is 24.5 Å². The van der Waals surface area contributed by atoms with E-state index >= 15 is 0 Å². The first-order valence-corrected chi connectivity index (χ1v) is 11.0. The number of nitrogens with zero attached hydrogens (tertiary/aromatic N) is 1. The first kappa shape index (κ1) is 20.1. The predicted octanol–water partition coefficient (Wildman–Crippen LogP) is 2.03. The maximum atomic E-state index is 13.0. The lowest BCUT2D eigenvalue weighted by Gasteiger charge is -2.33. The number of hydrogen-bond acceptors (Lipinski definition) is 6. The maximum Gasteiger partial charge on any atom is 0.240 e. The van der Waals surface area contributed by atoms with Gasteiger partial charge in [0.2, 0.25) is 16.8 Å². The lowest BCUT2D eigenvalue weighted by Crippen LogP contribution is -2.45. The molecule has 29 heavy (non-hydrogen) atoms. The van der Waals surface area contributed by atoms with E-state index < -0.39 is 21.9 Å². The second-order valence-electron chi connectivity index (χ2n) is 7.28. The van der Waals surface area contributed by atoms with Gasteiger partial charge in [-0.15, -0.1) is 0 Å². The zero-order chi connectivity index (χ0) is 20.4. The normalized spacial score (nSPS) is 18.7. The van der Waals surface area contributed by atoms with E-state index in [4.69, 9.17) is 9.47 Å². The summed E-state index contributed by atoms with van der Waals surface area (Å²) in [5, 5.41) is 10.5. The third-order valence-corrected chi connectivity index (χ3v) is 6.78. The molecule has 0 saturated carbocycles. The average molecular weight is 422 g/mol. The van der Waals surface area contributed by atoms with E-state index in [1.807, 2.05) is 6.07 Å². The Morgan fingerprint density at radius 3 is 2.52 bits per heavy atom. The van der Waals surface area contributed by atoms with Crippen LogP contribution < -0.4 is 14.2 Å². The maximum absolute atomic E-state index is 13.0. The molecule has 0 aromatic heterocycles. The molecule has 7 nitrogen and oxygen atoms in total. The molecule has 0 bridgehead atoms. The van der Waals surface area contributed by atoms with Crippen LogP contribution in [-0.4, -0.2) is 50.9 Å². The topological polar surface area (TPSA) is 88.1 Å². The Hall–Kier alpha value is -2.20. The van der Waals surface area contributed by atoms with Crippen molar-refractivity contribution in [2.75, 3.05) is 26.4 Å². The number of benzene rings is 2. The van der Waals surface area contributed by atoms with Crippen LogP contribution in [0.5, 0.6) is 11.5 Å². The van der Waals surface area contributed by atoms with E-state index in [0.717, 1.165) is 17.7 Å². The van der Waals surface area contributed by atoms with Gasteiger partial charge in [0.25, 0.3) is 0 Å². The van der Waals surface area contributed by atoms with Crippen LogP contribution in [0, 0.1) is 5.82 Å². The molecule has 2 aliphatic rings. The first-order valence-electron chi connectivity index (χ1n) is 9.48. The summed E-state index contributed by atoms with van der Waals surface area (Å²) in [5.41, 5.74) is 0.758. The van der Waals surface area contributed by atoms with Crippen LogP contribution >= 0.6 is 0 Å². The number of halogens is 1. The zero-order valence-electron chi connectivity index (χ0n) is 15.8. The van der Waals surface area contributed by atoms with Crippen LogP contribution in [0.15, 0.2) is 47.4 Å². The van der Waals surface area contributed by atoms with E-state index in [2.05, 4.69) is 9.62 Å². The molecule has 4 rings (SSSR count). The summed E-state index contributed by atoms with van der Waals surface area (Å²) in [6.07, 6.45) is 0.597. The summed E-state index contributed by atoms with van der Waals surface area (Å²) in [5.74, 6) is 0.837. The standard InChI is InChI=1S/C20H23FN2O5S/c21-15-2-4-17(5-3-15)29(25,26)22-16-7-9-23(10-8-16)12-18(24)14-1-6-19-20(11-14)28-13-27-19/h1-6,11,16,18,22,24H,7-10,12-13H2/t18-/m1/s1. The van der Waals surface area contributed by atoms with Gasteiger partial charge in [-0.3, -0.25) is 0 Å². The highest BCUT2D eigenvalue weighted by Crippen LogP contribution is 2.34. The van der Waals surface area contributed by atoms with Crippen molar-refractivity contribution >= 4 is 10.0 Å². The van der Waals surface area contributed by atoms with Gasteiger partial charge in [-0.05, 0) is 67.9 Å². The number of likely N-dealkylation sites (tertiary alicyclic amines) is 1. The number of rotatable bonds is 6. The quantitative estimate of drug-likeness (QED) is 0.741. The van der Waals surface area contributed by atoms with E-state index in [1.54, 1.807) is 12.1 Å². The molecule has 0 spiro atoms. The minimum absolute atomic E-state index is 0.0551. The molecule has 1 saturated heterocycles.